The average Bonchev–Trinajstić information content (AvgIpc) is 2.86. The maximum Gasteiger partial charge on any atom is 0.258 e. The predicted molar refractivity (Wildman–Crippen MR) is 123 cm³/mol. The Morgan fingerprint density at radius 3 is 2.38 bits per heavy atom. The summed E-state index contributed by atoms with van der Waals surface area (Å²) < 4.78 is 10.7. The molecule has 1 atom stereocenters. The molecule has 0 radical (unpaired) electrons. The van der Waals surface area contributed by atoms with Crippen LogP contribution in [0.1, 0.15) is 23.6 Å². The van der Waals surface area contributed by atoms with E-state index in [1.54, 1.807) is 36.3 Å². The lowest BCUT2D eigenvalue weighted by atomic mass is 9.99. The Labute approximate surface area is 187 Å². The fourth-order valence-electron chi connectivity index (χ4n) is 3.87. The van der Waals surface area contributed by atoms with E-state index in [0.29, 0.717) is 18.0 Å². The van der Waals surface area contributed by atoms with Crippen LogP contribution in [0.25, 0.3) is 0 Å². The molecule has 0 saturated heterocycles. The second kappa shape index (κ2) is 10.0. The van der Waals surface area contributed by atoms with Gasteiger partial charge in [0.05, 0.1) is 7.11 Å². The van der Waals surface area contributed by atoms with Crippen LogP contribution >= 0.6 is 0 Å². The number of para-hydroxylation sites is 1. The number of rotatable bonds is 7. The molecule has 0 saturated carbocycles. The van der Waals surface area contributed by atoms with Gasteiger partial charge in [-0.05, 0) is 54.3 Å². The van der Waals surface area contributed by atoms with E-state index < -0.39 is 6.04 Å². The predicted octanol–water partition coefficient (Wildman–Crippen LogP) is 3.91. The molecule has 6 nitrogen and oxygen atoms in total. The first-order valence-corrected chi connectivity index (χ1v) is 10.7. The molecule has 0 aliphatic carbocycles. The number of hydrogen-bond acceptors (Lipinski definition) is 4. The van der Waals surface area contributed by atoms with Crippen LogP contribution in [0.15, 0.2) is 78.9 Å². The summed E-state index contributed by atoms with van der Waals surface area (Å²) in [6.45, 7) is 0.428. The Hall–Kier alpha value is -3.80. The fraction of sp³-hybridized carbons (Fsp3) is 0.231. The summed E-state index contributed by atoms with van der Waals surface area (Å²) in [5.41, 5.74) is 2.79. The molecule has 0 bridgehead atoms. The van der Waals surface area contributed by atoms with Gasteiger partial charge in [0.1, 0.15) is 17.5 Å². The van der Waals surface area contributed by atoms with Crippen LogP contribution in [0.5, 0.6) is 11.5 Å². The zero-order valence-electron chi connectivity index (χ0n) is 18.0. The molecule has 6 heteroatoms. The lowest BCUT2D eigenvalue weighted by Gasteiger charge is -2.32. The van der Waals surface area contributed by atoms with Gasteiger partial charge in [-0.25, -0.2) is 0 Å². The van der Waals surface area contributed by atoms with E-state index >= 15 is 0 Å². The molecule has 3 aromatic carbocycles. The maximum atomic E-state index is 13.6. The lowest BCUT2D eigenvalue weighted by molar-refractivity contribution is -0.129. The van der Waals surface area contributed by atoms with Crippen molar-refractivity contribution in [1.82, 2.24) is 5.32 Å². The van der Waals surface area contributed by atoms with Crippen LogP contribution in [-0.2, 0) is 16.0 Å². The van der Waals surface area contributed by atoms with E-state index in [0.717, 1.165) is 29.7 Å². The first kappa shape index (κ1) is 21.4. The van der Waals surface area contributed by atoms with Crippen LogP contribution in [0, 0.1) is 0 Å². The number of benzene rings is 3. The summed E-state index contributed by atoms with van der Waals surface area (Å²) in [5.74, 6) is 0.737. The van der Waals surface area contributed by atoms with E-state index in [-0.39, 0.29) is 18.4 Å². The van der Waals surface area contributed by atoms with Gasteiger partial charge < -0.3 is 19.7 Å². The van der Waals surface area contributed by atoms with Crippen molar-refractivity contribution in [3.05, 3.63) is 90.0 Å². The number of methoxy groups -OCH3 is 1. The highest BCUT2D eigenvalue weighted by molar-refractivity contribution is 6.00. The molecule has 3 aromatic rings. The lowest BCUT2D eigenvalue weighted by Crippen LogP contribution is -2.46. The fourth-order valence-corrected chi connectivity index (χ4v) is 3.87. The normalized spacial score (nSPS) is 13.6. The van der Waals surface area contributed by atoms with E-state index in [2.05, 4.69) is 5.32 Å². The van der Waals surface area contributed by atoms with Crippen molar-refractivity contribution in [2.24, 2.45) is 0 Å². The minimum Gasteiger partial charge on any atom is -0.497 e. The summed E-state index contributed by atoms with van der Waals surface area (Å²) >= 11 is 0. The summed E-state index contributed by atoms with van der Waals surface area (Å²) in [5, 5.41) is 2.87. The van der Waals surface area contributed by atoms with Crippen molar-refractivity contribution in [3.8, 4) is 11.5 Å². The third-order valence-corrected chi connectivity index (χ3v) is 5.49. The minimum atomic E-state index is -0.797. The summed E-state index contributed by atoms with van der Waals surface area (Å²) in [6.07, 6.45) is 1.83. The van der Waals surface area contributed by atoms with Gasteiger partial charge in [0.2, 0.25) is 0 Å². The molecule has 0 spiro atoms. The van der Waals surface area contributed by atoms with Crippen LogP contribution in [-0.4, -0.2) is 32.1 Å². The summed E-state index contributed by atoms with van der Waals surface area (Å²) in [4.78, 5) is 28.1. The Morgan fingerprint density at radius 2 is 1.62 bits per heavy atom. The van der Waals surface area contributed by atoms with Gasteiger partial charge in [-0.2, -0.15) is 0 Å². The number of anilines is 1. The number of fused-ring (bicyclic) bond motifs is 1. The first-order valence-electron chi connectivity index (χ1n) is 10.7. The number of hydrogen-bond donors (Lipinski definition) is 1. The Balaban J connectivity index is 1.50. The van der Waals surface area contributed by atoms with Gasteiger partial charge in [-0.15, -0.1) is 0 Å². The standard InChI is InChI=1S/C26H26N2O4/c1-31-21-13-15-22(16-14-21)32-18-24(29)27-25(20-9-3-2-4-10-20)26(30)28-17-7-11-19-8-5-6-12-23(19)28/h2-6,8-10,12-16,25H,7,11,17-18H2,1H3,(H,27,29)/t25-/m1/s1. The quantitative estimate of drug-likeness (QED) is 0.617. The largest absolute Gasteiger partial charge is 0.497 e. The van der Waals surface area contributed by atoms with Gasteiger partial charge in [-0.1, -0.05) is 48.5 Å². The summed E-state index contributed by atoms with van der Waals surface area (Å²) in [6, 6.07) is 23.4. The third-order valence-electron chi connectivity index (χ3n) is 5.49. The summed E-state index contributed by atoms with van der Waals surface area (Å²) in [7, 11) is 1.59. The highest BCUT2D eigenvalue weighted by Crippen LogP contribution is 2.29. The van der Waals surface area contributed by atoms with Crippen molar-refractivity contribution in [2.45, 2.75) is 18.9 Å². The van der Waals surface area contributed by atoms with Gasteiger partial charge in [0, 0.05) is 12.2 Å². The highest BCUT2D eigenvalue weighted by Gasteiger charge is 2.30. The Kier molecular flexibility index (Phi) is 6.70. The van der Waals surface area contributed by atoms with Gasteiger partial charge in [-0.3, -0.25) is 9.59 Å². The number of ether oxygens (including phenoxy) is 2. The molecule has 164 valence electrons. The molecule has 4 rings (SSSR count). The second-order valence-electron chi connectivity index (χ2n) is 7.60. The number of carbonyl (C=O) groups is 2. The van der Waals surface area contributed by atoms with Crippen molar-refractivity contribution < 1.29 is 19.1 Å². The highest BCUT2D eigenvalue weighted by atomic mass is 16.5. The molecular formula is C26H26N2O4. The van der Waals surface area contributed by atoms with E-state index in [9.17, 15) is 9.59 Å². The molecule has 32 heavy (non-hydrogen) atoms. The molecule has 1 N–H and O–H groups in total. The van der Waals surface area contributed by atoms with Crippen molar-refractivity contribution >= 4 is 17.5 Å². The molecular weight excluding hydrogens is 404 g/mol. The monoisotopic (exact) mass is 430 g/mol. The maximum absolute atomic E-state index is 13.6. The van der Waals surface area contributed by atoms with Gasteiger partial charge in [0.15, 0.2) is 6.61 Å². The van der Waals surface area contributed by atoms with Crippen LogP contribution < -0.4 is 19.7 Å². The first-order chi connectivity index (χ1) is 15.7. The number of aryl methyl sites for hydroxylation is 1. The molecule has 1 aliphatic heterocycles. The molecule has 0 aromatic heterocycles. The van der Waals surface area contributed by atoms with Gasteiger partial charge >= 0.3 is 0 Å². The molecule has 0 unspecified atom stereocenters. The van der Waals surface area contributed by atoms with E-state index in [4.69, 9.17) is 9.47 Å². The van der Waals surface area contributed by atoms with Gasteiger partial charge in [0.25, 0.3) is 11.8 Å². The average molecular weight is 431 g/mol. The van der Waals surface area contributed by atoms with Crippen molar-refractivity contribution in [3.63, 3.8) is 0 Å². The van der Waals surface area contributed by atoms with Crippen molar-refractivity contribution in [2.75, 3.05) is 25.2 Å². The van der Waals surface area contributed by atoms with E-state index in [1.807, 2.05) is 54.6 Å². The molecule has 0 fully saturated rings. The third kappa shape index (κ3) is 4.91. The molecule has 1 aliphatic rings. The zero-order valence-corrected chi connectivity index (χ0v) is 18.0. The number of nitrogens with one attached hydrogen (secondary N) is 1. The number of nitrogens with zero attached hydrogens (tertiary/aromatic N) is 1. The molecule has 2 amide bonds. The zero-order chi connectivity index (χ0) is 22.3. The SMILES string of the molecule is COc1ccc(OCC(=O)N[C@@H](C(=O)N2CCCc3ccccc32)c2ccccc2)cc1. The Bertz CT molecular complexity index is 1070. The topological polar surface area (TPSA) is 67.9 Å². The number of carbonyl (C=O) groups excluding carboxylic acids is 2. The van der Waals surface area contributed by atoms with Crippen LogP contribution in [0.4, 0.5) is 5.69 Å². The van der Waals surface area contributed by atoms with Crippen molar-refractivity contribution in [1.29, 1.82) is 0 Å². The van der Waals surface area contributed by atoms with E-state index in [1.165, 1.54) is 0 Å². The second-order valence-corrected chi connectivity index (χ2v) is 7.60. The molecule has 1 heterocycles. The smallest absolute Gasteiger partial charge is 0.258 e. The van der Waals surface area contributed by atoms with Crippen LogP contribution in [0.3, 0.4) is 0 Å². The van der Waals surface area contributed by atoms with Crippen LogP contribution in [0.2, 0.25) is 0 Å². The minimum absolute atomic E-state index is 0.152. The number of amides is 2. The Morgan fingerprint density at radius 1 is 0.938 bits per heavy atom.